The number of fused-ring (bicyclic) bond motifs is 2. The van der Waals surface area contributed by atoms with Crippen LogP contribution in [0.15, 0.2) is 96.1 Å². The molecule has 0 aliphatic heterocycles. The van der Waals surface area contributed by atoms with Crippen molar-refractivity contribution in [3.8, 4) is 22.3 Å². The van der Waals surface area contributed by atoms with Gasteiger partial charge in [-0.1, -0.05) is 0 Å². The first-order chi connectivity index (χ1) is 22.5. The van der Waals surface area contributed by atoms with Crippen LogP contribution in [-0.2, 0) is 33.4 Å². The van der Waals surface area contributed by atoms with Gasteiger partial charge in [-0.05, 0) is 0 Å². The van der Waals surface area contributed by atoms with Gasteiger partial charge in [0.2, 0.25) is 0 Å². The van der Waals surface area contributed by atoms with E-state index in [4.69, 9.17) is 0 Å². The van der Waals surface area contributed by atoms with Crippen LogP contribution < -0.4 is 0 Å². The summed E-state index contributed by atoms with van der Waals surface area (Å²) < 4.78 is 1.41. The van der Waals surface area contributed by atoms with Gasteiger partial charge in [0.15, 0.2) is 0 Å². The fourth-order valence-corrected chi connectivity index (χ4v) is 41.0. The second kappa shape index (κ2) is 15.1. The number of hydrogen-bond acceptors (Lipinski definition) is 0. The summed E-state index contributed by atoms with van der Waals surface area (Å²) in [4.78, 5) is 0. The van der Waals surface area contributed by atoms with Crippen LogP contribution in [0.25, 0.3) is 34.4 Å². The van der Waals surface area contributed by atoms with E-state index in [2.05, 4.69) is 138 Å². The van der Waals surface area contributed by atoms with E-state index in [0.29, 0.717) is 7.35 Å². The molecule has 2 heteroatoms. The third-order valence-electron chi connectivity index (χ3n) is 10.4. The van der Waals surface area contributed by atoms with Crippen molar-refractivity contribution in [3.63, 3.8) is 0 Å². The van der Waals surface area contributed by atoms with Gasteiger partial charge in [-0.15, -0.1) is 0 Å². The van der Waals surface area contributed by atoms with Crippen LogP contribution in [-0.4, -0.2) is 5.98 Å². The Morgan fingerprint density at radius 2 is 0.870 bits per heavy atom. The zero-order chi connectivity index (χ0) is 32.2. The number of aryl methyl sites for hydroxylation is 2. The minimum absolute atomic E-state index is 0.706. The van der Waals surface area contributed by atoms with Crippen molar-refractivity contribution >= 4 is 18.1 Å². The normalized spacial score (nSPS) is 16.8. The van der Waals surface area contributed by atoms with Gasteiger partial charge in [0, 0.05) is 0 Å². The second-order valence-electron chi connectivity index (χ2n) is 13.9. The van der Waals surface area contributed by atoms with E-state index in [-0.39, 0.29) is 0 Å². The molecular weight excluding hydrogens is 735 g/mol. The summed E-state index contributed by atoms with van der Waals surface area (Å²) in [6.07, 6.45) is 15.0. The standard InChI is InChI=1S/2C21H23.C2H7Si.Hf/c2*1-3-8-16-14-18-11-7-13-20(21(18)15-16)19-12-6-5-10-17(19)9-4-2;1-3-2;/h2*5-7,10-15H,3-4,8-9H2,1-2H3;3H,1-2H3;. The fraction of sp³-hybridized carbons (Fsp3) is 0.364. The number of benzene rings is 4. The minimum atomic E-state index is -2.40. The van der Waals surface area contributed by atoms with Crippen molar-refractivity contribution in [1.29, 1.82) is 0 Å². The van der Waals surface area contributed by atoms with Crippen LogP contribution in [0.1, 0.15) is 107 Å². The van der Waals surface area contributed by atoms with Crippen LogP contribution in [0.3, 0.4) is 0 Å². The maximum atomic E-state index is 2.73. The van der Waals surface area contributed by atoms with Crippen molar-refractivity contribution in [3.05, 3.63) is 129 Å². The number of allylic oxidation sites excluding steroid dienone is 2. The molecule has 0 amide bonds. The first-order valence-corrected chi connectivity index (χ1v) is 31.5. The SMILES string of the molecule is CCCC1=Cc2c(-c3ccccc3CCC)cccc2[CH]1[Hf]([CH]1C(CCC)=Cc2c(-c3ccccc3CCC)cccc21)[SiH](C)C. The summed E-state index contributed by atoms with van der Waals surface area (Å²) in [6.45, 7) is 14.9. The fourth-order valence-electron chi connectivity index (χ4n) is 8.57. The Kier molecular flexibility index (Phi) is 11.0. The molecule has 0 aromatic heterocycles. The van der Waals surface area contributed by atoms with Crippen molar-refractivity contribution in [2.45, 2.75) is 99.5 Å². The van der Waals surface area contributed by atoms with Crippen LogP contribution in [0.5, 0.6) is 0 Å². The molecule has 0 saturated carbocycles. The maximum absolute atomic E-state index is 2.73. The van der Waals surface area contributed by atoms with Gasteiger partial charge >= 0.3 is 290 Å². The van der Waals surface area contributed by atoms with Crippen LogP contribution in [0, 0.1) is 0 Å². The van der Waals surface area contributed by atoms with Crippen molar-refractivity contribution in [2.75, 3.05) is 0 Å². The number of rotatable bonds is 13. The Labute approximate surface area is 288 Å². The second-order valence-corrected chi connectivity index (χ2v) is 41.8. The van der Waals surface area contributed by atoms with E-state index in [1.165, 1.54) is 71.9 Å². The van der Waals surface area contributed by atoms with Crippen LogP contribution in [0.4, 0.5) is 0 Å². The predicted octanol–water partition coefficient (Wildman–Crippen LogP) is 12.7. The Morgan fingerprint density at radius 3 is 1.26 bits per heavy atom. The molecule has 0 N–H and O–H groups in total. The van der Waals surface area contributed by atoms with E-state index in [0.717, 1.165) is 12.8 Å². The summed E-state index contributed by atoms with van der Waals surface area (Å²) in [5.41, 5.74) is 18.9. The molecule has 2 aliphatic carbocycles. The first-order valence-electron chi connectivity index (χ1n) is 18.2. The van der Waals surface area contributed by atoms with Crippen LogP contribution >= 0.6 is 0 Å². The predicted molar refractivity (Wildman–Crippen MR) is 202 cm³/mol. The quantitative estimate of drug-likeness (QED) is 0.118. The summed E-state index contributed by atoms with van der Waals surface area (Å²) >= 11 is -2.40. The molecule has 0 saturated heterocycles. The Bertz CT molecular complexity index is 1620. The molecule has 0 nitrogen and oxygen atoms in total. The molecule has 4 aromatic rings. The molecule has 2 unspecified atom stereocenters. The zero-order valence-corrected chi connectivity index (χ0v) is 33.9. The molecule has 0 radical (unpaired) electrons. The molecule has 46 heavy (non-hydrogen) atoms. The van der Waals surface area contributed by atoms with Crippen LogP contribution in [0.2, 0.25) is 13.1 Å². The summed E-state index contributed by atoms with van der Waals surface area (Å²) in [7, 11) is 0. The average Bonchev–Trinajstić information content (AvgIpc) is 3.61. The van der Waals surface area contributed by atoms with Crippen molar-refractivity contribution in [1.82, 2.24) is 0 Å². The molecule has 4 aromatic carbocycles. The van der Waals surface area contributed by atoms with E-state index in [1.807, 2.05) is 0 Å². The molecule has 237 valence electrons. The molecule has 0 heterocycles. The molecule has 2 atom stereocenters. The average molecular weight is 788 g/mol. The molecule has 0 spiro atoms. The van der Waals surface area contributed by atoms with Crippen molar-refractivity contribution < 1.29 is 20.6 Å². The van der Waals surface area contributed by atoms with Gasteiger partial charge in [-0.25, -0.2) is 0 Å². The topological polar surface area (TPSA) is 0 Å². The number of hydrogen-bond donors (Lipinski definition) is 0. The van der Waals surface area contributed by atoms with Gasteiger partial charge < -0.3 is 0 Å². The van der Waals surface area contributed by atoms with E-state index in [1.54, 1.807) is 33.4 Å². The molecule has 0 fully saturated rings. The van der Waals surface area contributed by atoms with Crippen molar-refractivity contribution in [2.24, 2.45) is 0 Å². The van der Waals surface area contributed by atoms with E-state index in [9.17, 15) is 0 Å². The molecule has 2 aliphatic rings. The van der Waals surface area contributed by atoms with E-state index < -0.39 is 26.6 Å². The Balaban J connectivity index is 1.51. The Morgan fingerprint density at radius 1 is 0.478 bits per heavy atom. The summed E-state index contributed by atoms with van der Waals surface area (Å²) in [6, 6.07) is 33.1. The van der Waals surface area contributed by atoms with E-state index >= 15 is 0 Å². The van der Waals surface area contributed by atoms with Gasteiger partial charge in [-0.3, -0.25) is 0 Å². The third kappa shape index (κ3) is 6.34. The van der Waals surface area contributed by atoms with Gasteiger partial charge in [-0.2, -0.15) is 0 Å². The molecule has 0 bridgehead atoms. The summed E-state index contributed by atoms with van der Waals surface area (Å²) in [5, 5.41) is 0. The van der Waals surface area contributed by atoms with Gasteiger partial charge in [0.25, 0.3) is 0 Å². The zero-order valence-electron chi connectivity index (χ0n) is 29.1. The first kappa shape index (κ1) is 33.4. The monoisotopic (exact) mass is 789 g/mol. The molecule has 6 rings (SSSR count). The molecular formula is C44H53HfSi. The Hall–Kier alpha value is -2.55. The summed E-state index contributed by atoms with van der Waals surface area (Å²) in [5.74, 6) is -0.926. The van der Waals surface area contributed by atoms with Gasteiger partial charge in [0.05, 0.1) is 0 Å². The van der Waals surface area contributed by atoms with Gasteiger partial charge in [0.1, 0.15) is 0 Å². The third-order valence-corrected chi connectivity index (χ3v) is 41.2.